The largest absolute Gasteiger partial charge is 0.491 e. The summed E-state index contributed by atoms with van der Waals surface area (Å²) in [4.78, 5) is 0. The predicted molar refractivity (Wildman–Crippen MR) is 71.2 cm³/mol. The van der Waals surface area contributed by atoms with Crippen molar-refractivity contribution in [3.8, 4) is 5.75 Å². The van der Waals surface area contributed by atoms with E-state index in [1.54, 1.807) is 0 Å². The summed E-state index contributed by atoms with van der Waals surface area (Å²) in [6.45, 7) is 1.95. The molecule has 1 atom stereocenters. The van der Waals surface area contributed by atoms with Crippen LogP contribution in [0.3, 0.4) is 0 Å². The lowest BCUT2D eigenvalue weighted by molar-refractivity contribution is 0.106. The predicted octanol–water partition coefficient (Wildman–Crippen LogP) is 2.19. The Hall–Kier alpha value is -0.580. The van der Waals surface area contributed by atoms with Gasteiger partial charge in [-0.05, 0) is 43.5 Å². The quantitative estimate of drug-likeness (QED) is 0.811. The Labute approximate surface area is 110 Å². The molecule has 1 aliphatic carbocycles. The van der Waals surface area contributed by atoms with Crippen molar-refractivity contribution in [3.63, 3.8) is 0 Å². The van der Waals surface area contributed by atoms with Crippen LogP contribution >= 0.6 is 15.9 Å². The number of rotatable bonds is 7. The van der Waals surface area contributed by atoms with E-state index in [0.29, 0.717) is 13.2 Å². The molecule has 2 rings (SSSR count). The Morgan fingerprint density at radius 1 is 1.47 bits per heavy atom. The van der Waals surface area contributed by atoms with E-state index in [4.69, 9.17) is 4.74 Å². The number of ether oxygens (including phenoxy) is 1. The molecule has 4 heteroatoms. The highest BCUT2D eigenvalue weighted by Gasteiger charge is 2.20. The number of halogens is 1. The molecule has 94 valence electrons. The maximum Gasteiger partial charge on any atom is 0.120 e. The Bertz CT molecular complexity index is 355. The van der Waals surface area contributed by atoms with Crippen LogP contribution in [0.4, 0.5) is 0 Å². The van der Waals surface area contributed by atoms with Gasteiger partial charge in [0.15, 0.2) is 0 Å². The second-order valence-corrected chi connectivity index (χ2v) is 5.44. The summed E-state index contributed by atoms with van der Waals surface area (Å²) in [5.41, 5.74) is 0. The molecule has 0 bridgehead atoms. The smallest absolute Gasteiger partial charge is 0.120 e. The molecule has 1 unspecified atom stereocenters. The molecule has 0 amide bonds. The van der Waals surface area contributed by atoms with Crippen LogP contribution in [-0.2, 0) is 0 Å². The van der Waals surface area contributed by atoms with Gasteiger partial charge in [0.2, 0.25) is 0 Å². The molecule has 0 spiro atoms. The topological polar surface area (TPSA) is 41.5 Å². The molecule has 0 aromatic heterocycles. The van der Waals surface area contributed by atoms with Crippen LogP contribution in [0.15, 0.2) is 28.7 Å². The molecule has 3 nitrogen and oxygen atoms in total. The normalized spacial score (nSPS) is 16.8. The zero-order valence-corrected chi connectivity index (χ0v) is 11.3. The standard InChI is InChI=1S/C13H18BrNO2/c14-11-2-1-3-13(6-11)17-9-12(16)8-15-7-10-4-5-10/h1-3,6,10,12,15-16H,4-5,7-9H2. The molecule has 1 aromatic carbocycles. The molecular formula is C13H18BrNO2. The highest BCUT2D eigenvalue weighted by atomic mass is 79.9. The van der Waals surface area contributed by atoms with E-state index >= 15 is 0 Å². The van der Waals surface area contributed by atoms with Crippen LogP contribution in [0, 0.1) is 5.92 Å². The van der Waals surface area contributed by atoms with Crippen molar-refractivity contribution in [2.24, 2.45) is 5.92 Å². The van der Waals surface area contributed by atoms with Gasteiger partial charge in [-0.15, -0.1) is 0 Å². The van der Waals surface area contributed by atoms with Crippen molar-refractivity contribution >= 4 is 15.9 Å². The second-order valence-electron chi connectivity index (χ2n) is 4.52. The first-order chi connectivity index (χ1) is 8.24. The third-order valence-corrected chi connectivity index (χ3v) is 3.24. The van der Waals surface area contributed by atoms with Crippen LogP contribution in [0.1, 0.15) is 12.8 Å². The van der Waals surface area contributed by atoms with Crippen LogP contribution in [0.25, 0.3) is 0 Å². The van der Waals surface area contributed by atoms with Crippen molar-refractivity contribution in [2.75, 3.05) is 19.7 Å². The Kier molecular flexibility index (Phi) is 4.83. The van der Waals surface area contributed by atoms with Gasteiger partial charge in [0, 0.05) is 11.0 Å². The van der Waals surface area contributed by atoms with Crippen molar-refractivity contribution in [1.82, 2.24) is 5.32 Å². The second kappa shape index (κ2) is 6.38. The molecule has 2 N–H and O–H groups in total. The van der Waals surface area contributed by atoms with Crippen LogP contribution in [0.2, 0.25) is 0 Å². The van der Waals surface area contributed by atoms with Gasteiger partial charge >= 0.3 is 0 Å². The monoisotopic (exact) mass is 299 g/mol. The number of benzene rings is 1. The van der Waals surface area contributed by atoms with Gasteiger partial charge in [0.05, 0.1) is 0 Å². The summed E-state index contributed by atoms with van der Waals surface area (Å²) in [6, 6.07) is 7.64. The van der Waals surface area contributed by atoms with Gasteiger partial charge in [-0.3, -0.25) is 0 Å². The lowest BCUT2D eigenvalue weighted by atomic mass is 10.3. The molecule has 0 aliphatic heterocycles. The van der Waals surface area contributed by atoms with Crippen molar-refractivity contribution in [3.05, 3.63) is 28.7 Å². The minimum absolute atomic E-state index is 0.327. The number of nitrogens with one attached hydrogen (secondary N) is 1. The zero-order valence-electron chi connectivity index (χ0n) is 9.73. The highest BCUT2D eigenvalue weighted by molar-refractivity contribution is 9.10. The fourth-order valence-electron chi connectivity index (χ4n) is 1.58. The van der Waals surface area contributed by atoms with Gasteiger partial charge in [-0.2, -0.15) is 0 Å². The summed E-state index contributed by atoms with van der Waals surface area (Å²) in [5.74, 6) is 1.62. The van der Waals surface area contributed by atoms with E-state index < -0.39 is 6.10 Å². The summed E-state index contributed by atoms with van der Waals surface area (Å²) >= 11 is 3.38. The SMILES string of the molecule is OC(CNCC1CC1)COc1cccc(Br)c1. The van der Waals surface area contributed by atoms with Crippen molar-refractivity contribution in [1.29, 1.82) is 0 Å². The van der Waals surface area contributed by atoms with Gasteiger partial charge in [-0.25, -0.2) is 0 Å². The first kappa shape index (κ1) is 12.9. The highest BCUT2D eigenvalue weighted by Crippen LogP contribution is 2.27. The van der Waals surface area contributed by atoms with E-state index in [1.165, 1.54) is 12.8 Å². The molecule has 17 heavy (non-hydrogen) atoms. The minimum Gasteiger partial charge on any atom is -0.491 e. The van der Waals surface area contributed by atoms with E-state index in [9.17, 15) is 5.11 Å². The average Bonchev–Trinajstić information content (AvgIpc) is 3.11. The number of hydrogen-bond donors (Lipinski definition) is 2. The van der Waals surface area contributed by atoms with Crippen LogP contribution in [0.5, 0.6) is 5.75 Å². The number of aliphatic hydroxyl groups is 1. The number of hydrogen-bond acceptors (Lipinski definition) is 3. The van der Waals surface area contributed by atoms with E-state index in [0.717, 1.165) is 22.7 Å². The Morgan fingerprint density at radius 2 is 2.29 bits per heavy atom. The molecular weight excluding hydrogens is 282 g/mol. The number of aliphatic hydroxyl groups excluding tert-OH is 1. The van der Waals surface area contributed by atoms with Crippen LogP contribution in [-0.4, -0.2) is 30.9 Å². The lowest BCUT2D eigenvalue weighted by Gasteiger charge is -2.13. The molecule has 1 aliphatic rings. The first-order valence-corrected chi connectivity index (χ1v) is 6.80. The molecule has 1 saturated carbocycles. The van der Waals surface area contributed by atoms with E-state index in [2.05, 4.69) is 21.2 Å². The van der Waals surface area contributed by atoms with E-state index in [1.807, 2.05) is 24.3 Å². The zero-order chi connectivity index (χ0) is 12.1. The fraction of sp³-hybridized carbons (Fsp3) is 0.538. The summed E-state index contributed by atoms with van der Waals surface area (Å²) in [6.07, 6.45) is 2.21. The lowest BCUT2D eigenvalue weighted by Crippen LogP contribution is -2.32. The first-order valence-electron chi connectivity index (χ1n) is 6.01. The third-order valence-electron chi connectivity index (χ3n) is 2.75. The average molecular weight is 300 g/mol. The van der Waals surface area contributed by atoms with E-state index in [-0.39, 0.29) is 0 Å². The Balaban J connectivity index is 1.62. The summed E-state index contributed by atoms with van der Waals surface area (Å²) in [7, 11) is 0. The van der Waals surface area contributed by atoms with Gasteiger partial charge in [-0.1, -0.05) is 22.0 Å². The Morgan fingerprint density at radius 3 is 3.00 bits per heavy atom. The molecule has 0 heterocycles. The van der Waals surface area contributed by atoms with Gasteiger partial charge in [0.1, 0.15) is 18.5 Å². The molecule has 1 fully saturated rings. The maximum atomic E-state index is 9.71. The molecule has 1 aromatic rings. The van der Waals surface area contributed by atoms with Gasteiger partial charge in [0.25, 0.3) is 0 Å². The molecule has 0 radical (unpaired) electrons. The summed E-state index contributed by atoms with van der Waals surface area (Å²) < 4.78 is 6.48. The fourth-order valence-corrected chi connectivity index (χ4v) is 1.96. The molecule has 0 saturated heterocycles. The van der Waals surface area contributed by atoms with Crippen molar-refractivity contribution in [2.45, 2.75) is 18.9 Å². The van der Waals surface area contributed by atoms with Crippen molar-refractivity contribution < 1.29 is 9.84 Å². The summed E-state index contributed by atoms with van der Waals surface area (Å²) in [5, 5.41) is 13.0. The third kappa shape index (κ3) is 5.06. The maximum absolute atomic E-state index is 9.71. The van der Waals surface area contributed by atoms with Crippen LogP contribution < -0.4 is 10.1 Å². The van der Waals surface area contributed by atoms with Gasteiger partial charge < -0.3 is 15.2 Å². The minimum atomic E-state index is -0.451.